The first-order chi connectivity index (χ1) is 11.8. The van der Waals surface area contributed by atoms with Gasteiger partial charge in [-0.3, -0.25) is 19.6 Å². The van der Waals surface area contributed by atoms with Crippen LogP contribution in [0.15, 0.2) is 30.3 Å². The quantitative estimate of drug-likeness (QED) is 0.612. The summed E-state index contributed by atoms with van der Waals surface area (Å²) >= 11 is 0. The molecule has 0 saturated carbocycles. The summed E-state index contributed by atoms with van der Waals surface area (Å²) in [5, 5.41) is 18.0. The first-order valence-corrected chi connectivity index (χ1v) is 8.04. The van der Waals surface area contributed by atoms with Crippen molar-refractivity contribution in [3.05, 3.63) is 51.8 Å². The van der Waals surface area contributed by atoms with Crippen LogP contribution in [0, 0.1) is 24.0 Å². The van der Waals surface area contributed by atoms with Gasteiger partial charge >= 0.3 is 5.69 Å². The van der Waals surface area contributed by atoms with Gasteiger partial charge in [0, 0.05) is 25.3 Å². The summed E-state index contributed by atoms with van der Waals surface area (Å²) in [6.45, 7) is 5.60. The molecule has 134 valence electrons. The molecule has 1 aromatic carbocycles. The summed E-state index contributed by atoms with van der Waals surface area (Å²) in [6.07, 6.45) is 0. The molecule has 0 spiro atoms. The van der Waals surface area contributed by atoms with E-state index < -0.39 is 4.92 Å². The Kier molecular flexibility index (Phi) is 5.74. The van der Waals surface area contributed by atoms with E-state index in [1.54, 1.807) is 13.8 Å². The molecule has 0 radical (unpaired) electrons. The Morgan fingerprint density at radius 1 is 1.36 bits per heavy atom. The van der Waals surface area contributed by atoms with Crippen molar-refractivity contribution >= 4 is 17.3 Å². The maximum Gasteiger partial charge on any atom is 0.312 e. The highest BCUT2D eigenvalue weighted by Crippen LogP contribution is 2.21. The van der Waals surface area contributed by atoms with Gasteiger partial charge in [-0.25, -0.2) is 0 Å². The fourth-order valence-corrected chi connectivity index (χ4v) is 2.61. The number of aromatic nitrogens is 2. The number of carbonyl (C=O) groups excluding carboxylic acids is 1. The van der Waals surface area contributed by atoms with E-state index in [1.807, 2.05) is 44.3 Å². The average Bonchev–Trinajstić information content (AvgIpc) is 2.86. The molecule has 2 rings (SSSR count). The minimum Gasteiger partial charge on any atom is -0.370 e. The van der Waals surface area contributed by atoms with Gasteiger partial charge in [0.1, 0.15) is 17.9 Å². The summed E-state index contributed by atoms with van der Waals surface area (Å²) < 4.78 is 1.37. The third kappa shape index (κ3) is 4.34. The number of rotatable bonds is 7. The Morgan fingerprint density at radius 2 is 2.00 bits per heavy atom. The van der Waals surface area contributed by atoms with Gasteiger partial charge in [0.15, 0.2) is 0 Å². The topological polar surface area (TPSA) is 93.3 Å². The van der Waals surface area contributed by atoms with Crippen molar-refractivity contribution in [1.82, 2.24) is 15.1 Å². The molecule has 0 aliphatic carbocycles. The van der Waals surface area contributed by atoms with Gasteiger partial charge in [0.05, 0.1) is 4.92 Å². The molecule has 0 aliphatic rings. The van der Waals surface area contributed by atoms with Gasteiger partial charge in [-0.05, 0) is 32.9 Å². The Bertz CT molecular complexity index is 757. The molecule has 1 N–H and O–H groups in total. The molecule has 1 heterocycles. The number of para-hydroxylation sites is 1. The van der Waals surface area contributed by atoms with Crippen molar-refractivity contribution in [2.75, 3.05) is 18.5 Å². The third-order valence-electron chi connectivity index (χ3n) is 4.24. The van der Waals surface area contributed by atoms with Gasteiger partial charge in [0.25, 0.3) is 0 Å². The molecular weight excluding hydrogens is 322 g/mol. The molecule has 8 heteroatoms. The van der Waals surface area contributed by atoms with Crippen molar-refractivity contribution < 1.29 is 9.72 Å². The van der Waals surface area contributed by atoms with E-state index in [0.717, 1.165) is 5.69 Å². The summed E-state index contributed by atoms with van der Waals surface area (Å²) in [5.74, 6) is -0.228. The molecule has 0 aliphatic heterocycles. The summed E-state index contributed by atoms with van der Waals surface area (Å²) in [4.78, 5) is 24.8. The maximum atomic E-state index is 12.2. The van der Waals surface area contributed by atoms with Crippen LogP contribution >= 0.6 is 0 Å². The fourth-order valence-electron chi connectivity index (χ4n) is 2.61. The largest absolute Gasteiger partial charge is 0.370 e. The van der Waals surface area contributed by atoms with Crippen LogP contribution in [0.3, 0.4) is 0 Å². The molecule has 1 aromatic heterocycles. The second-order valence-corrected chi connectivity index (χ2v) is 6.03. The Labute approximate surface area is 146 Å². The number of benzene rings is 1. The zero-order chi connectivity index (χ0) is 18.6. The number of hydrogen-bond donors (Lipinski definition) is 1. The zero-order valence-electron chi connectivity index (χ0n) is 14.9. The number of amides is 1. The molecule has 1 unspecified atom stereocenters. The Balaban J connectivity index is 1.93. The van der Waals surface area contributed by atoms with Crippen LogP contribution in [0.1, 0.15) is 18.3 Å². The number of likely N-dealkylation sites (N-methyl/N-ethyl adjacent to an activating group) is 1. The van der Waals surface area contributed by atoms with Crippen LogP contribution in [0.2, 0.25) is 0 Å². The van der Waals surface area contributed by atoms with Crippen LogP contribution in [0.25, 0.3) is 0 Å². The lowest BCUT2D eigenvalue weighted by molar-refractivity contribution is -0.386. The Hall–Kier alpha value is -2.90. The molecular formula is C17H23N5O3. The highest BCUT2D eigenvalue weighted by molar-refractivity contribution is 5.76. The smallest absolute Gasteiger partial charge is 0.312 e. The summed E-state index contributed by atoms with van der Waals surface area (Å²) in [5.41, 5.74) is 1.72. The van der Waals surface area contributed by atoms with Crippen molar-refractivity contribution in [2.24, 2.45) is 0 Å². The number of hydrogen-bond acceptors (Lipinski definition) is 5. The molecule has 0 bridgehead atoms. The SMILES string of the molecule is Cc1nn(CC(=O)NCC(C)N(C)c2ccccc2)c(C)c1[N+](=O)[O-]. The monoisotopic (exact) mass is 345 g/mol. The van der Waals surface area contributed by atoms with Crippen molar-refractivity contribution in [1.29, 1.82) is 0 Å². The van der Waals surface area contributed by atoms with Gasteiger partial charge in [-0.15, -0.1) is 0 Å². The van der Waals surface area contributed by atoms with E-state index in [1.165, 1.54) is 4.68 Å². The molecule has 2 aromatic rings. The minimum atomic E-state index is -0.469. The average molecular weight is 345 g/mol. The Morgan fingerprint density at radius 3 is 2.56 bits per heavy atom. The van der Waals surface area contributed by atoms with Crippen LogP contribution in [0.5, 0.6) is 0 Å². The van der Waals surface area contributed by atoms with Crippen LogP contribution in [-0.4, -0.2) is 40.2 Å². The highest BCUT2D eigenvalue weighted by Gasteiger charge is 2.22. The van der Waals surface area contributed by atoms with E-state index in [4.69, 9.17) is 0 Å². The normalized spacial score (nSPS) is 11.8. The number of nitrogens with zero attached hydrogens (tertiary/aromatic N) is 4. The predicted molar refractivity (Wildman–Crippen MR) is 95.7 cm³/mol. The first-order valence-electron chi connectivity index (χ1n) is 8.04. The lowest BCUT2D eigenvalue weighted by atomic mass is 10.2. The lowest BCUT2D eigenvalue weighted by Crippen LogP contribution is -2.41. The molecule has 8 nitrogen and oxygen atoms in total. The number of aryl methyl sites for hydroxylation is 1. The number of carbonyl (C=O) groups is 1. The highest BCUT2D eigenvalue weighted by atomic mass is 16.6. The van der Waals surface area contributed by atoms with E-state index in [9.17, 15) is 14.9 Å². The van der Waals surface area contributed by atoms with Gasteiger partial charge in [0.2, 0.25) is 5.91 Å². The van der Waals surface area contributed by atoms with Crippen LogP contribution < -0.4 is 10.2 Å². The number of anilines is 1. The second kappa shape index (κ2) is 7.78. The third-order valence-corrected chi connectivity index (χ3v) is 4.24. The van der Waals surface area contributed by atoms with Crippen LogP contribution in [-0.2, 0) is 11.3 Å². The van der Waals surface area contributed by atoms with E-state index in [2.05, 4.69) is 15.3 Å². The molecule has 25 heavy (non-hydrogen) atoms. The van der Waals surface area contributed by atoms with Crippen LogP contribution in [0.4, 0.5) is 11.4 Å². The van der Waals surface area contributed by atoms with E-state index in [-0.39, 0.29) is 24.2 Å². The first kappa shape index (κ1) is 18.4. The maximum absolute atomic E-state index is 12.2. The summed E-state index contributed by atoms with van der Waals surface area (Å²) in [6, 6.07) is 10.00. The molecule has 0 saturated heterocycles. The van der Waals surface area contributed by atoms with Crippen molar-refractivity contribution in [3.63, 3.8) is 0 Å². The number of nitro groups is 1. The second-order valence-electron chi connectivity index (χ2n) is 6.03. The minimum absolute atomic E-state index is 0.0371. The predicted octanol–water partition coefficient (Wildman–Crippen LogP) is 2.05. The fraction of sp³-hybridized carbons (Fsp3) is 0.412. The van der Waals surface area contributed by atoms with Crippen molar-refractivity contribution in [3.8, 4) is 0 Å². The van der Waals surface area contributed by atoms with Gasteiger partial charge < -0.3 is 10.2 Å². The standard InChI is InChI=1S/C17H23N5O3/c1-12(20(4)15-8-6-5-7-9-15)10-18-16(23)11-21-14(3)17(22(24)25)13(2)19-21/h5-9,12H,10-11H2,1-4H3,(H,18,23). The van der Waals surface area contributed by atoms with E-state index >= 15 is 0 Å². The zero-order valence-corrected chi connectivity index (χ0v) is 14.9. The van der Waals surface area contributed by atoms with Gasteiger partial charge in [-0.1, -0.05) is 18.2 Å². The summed E-state index contributed by atoms with van der Waals surface area (Å²) in [7, 11) is 1.97. The van der Waals surface area contributed by atoms with E-state index in [0.29, 0.717) is 17.9 Å². The molecule has 1 atom stereocenters. The van der Waals surface area contributed by atoms with Crippen molar-refractivity contribution in [2.45, 2.75) is 33.4 Å². The molecule has 0 fully saturated rings. The molecule has 1 amide bonds. The lowest BCUT2D eigenvalue weighted by Gasteiger charge is -2.27. The number of nitrogens with one attached hydrogen (secondary N) is 1. The van der Waals surface area contributed by atoms with Gasteiger partial charge in [-0.2, -0.15) is 5.10 Å².